The Balaban J connectivity index is 2.49. The highest BCUT2D eigenvalue weighted by Crippen LogP contribution is 2.28. The molecule has 2 aromatic rings. The van der Waals surface area contributed by atoms with Gasteiger partial charge in [0.2, 0.25) is 0 Å². The molecule has 18 heavy (non-hydrogen) atoms. The third-order valence-corrected chi connectivity index (χ3v) is 3.03. The van der Waals surface area contributed by atoms with Gasteiger partial charge in [-0.15, -0.1) is 0 Å². The summed E-state index contributed by atoms with van der Waals surface area (Å²) < 4.78 is 32.3. The molecule has 2 nitrogen and oxygen atoms in total. The largest absolute Gasteiger partial charge is 0.466 e. The normalized spacial score (nSPS) is 12.8. The van der Waals surface area contributed by atoms with Crippen molar-refractivity contribution < 1.29 is 13.2 Å². The number of rotatable bonds is 2. The molecule has 0 aliphatic carbocycles. The van der Waals surface area contributed by atoms with Crippen molar-refractivity contribution in [3.8, 4) is 0 Å². The maximum absolute atomic E-state index is 13.8. The Labute approximate surface area is 104 Å². The number of aryl methyl sites for hydroxylation is 3. The fraction of sp³-hybridized carbons (Fsp3) is 0.286. The number of furan rings is 1. The van der Waals surface area contributed by atoms with E-state index >= 15 is 0 Å². The van der Waals surface area contributed by atoms with Crippen LogP contribution in [0.15, 0.2) is 22.6 Å². The molecule has 0 saturated heterocycles. The molecule has 0 aliphatic heterocycles. The van der Waals surface area contributed by atoms with Gasteiger partial charge in [-0.1, -0.05) is 0 Å². The molecule has 2 rings (SSSR count). The molecule has 0 spiro atoms. The Hall–Kier alpha value is -1.68. The Kier molecular flexibility index (Phi) is 3.22. The van der Waals surface area contributed by atoms with Crippen LogP contribution < -0.4 is 5.73 Å². The van der Waals surface area contributed by atoms with Crippen molar-refractivity contribution in [3.05, 3.63) is 58.0 Å². The summed E-state index contributed by atoms with van der Waals surface area (Å²) in [5, 5.41) is 0. The van der Waals surface area contributed by atoms with E-state index in [1.807, 2.05) is 0 Å². The molecule has 4 heteroatoms. The minimum absolute atomic E-state index is 0.276. The van der Waals surface area contributed by atoms with Crippen molar-refractivity contribution in [2.75, 3.05) is 0 Å². The number of hydrogen-bond acceptors (Lipinski definition) is 2. The van der Waals surface area contributed by atoms with Crippen LogP contribution in [-0.4, -0.2) is 0 Å². The lowest BCUT2D eigenvalue weighted by atomic mass is 9.97. The summed E-state index contributed by atoms with van der Waals surface area (Å²) in [4.78, 5) is 0. The summed E-state index contributed by atoms with van der Waals surface area (Å²) in [7, 11) is 0. The van der Waals surface area contributed by atoms with Crippen molar-refractivity contribution >= 4 is 0 Å². The van der Waals surface area contributed by atoms with Gasteiger partial charge >= 0.3 is 0 Å². The van der Waals surface area contributed by atoms with Gasteiger partial charge in [0.1, 0.15) is 23.2 Å². The van der Waals surface area contributed by atoms with Crippen molar-refractivity contribution in [1.29, 1.82) is 0 Å². The Morgan fingerprint density at radius 2 is 1.67 bits per heavy atom. The molecule has 0 radical (unpaired) electrons. The van der Waals surface area contributed by atoms with Gasteiger partial charge in [-0.05, 0) is 38.5 Å². The molecule has 1 aromatic carbocycles. The van der Waals surface area contributed by atoms with Crippen LogP contribution >= 0.6 is 0 Å². The molecule has 2 N–H and O–H groups in total. The molecule has 96 valence electrons. The Bertz CT molecular complexity index is 590. The first kappa shape index (κ1) is 12.8. The Morgan fingerprint density at radius 1 is 1.00 bits per heavy atom. The van der Waals surface area contributed by atoms with E-state index in [9.17, 15) is 8.78 Å². The van der Waals surface area contributed by atoms with Gasteiger partial charge in [-0.2, -0.15) is 0 Å². The predicted molar refractivity (Wildman–Crippen MR) is 65.3 cm³/mol. The lowest BCUT2D eigenvalue weighted by molar-refractivity contribution is 0.498. The summed E-state index contributed by atoms with van der Waals surface area (Å²) in [5.41, 5.74) is 7.40. The van der Waals surface area contributed by atoms with Crippen LogP contribution in [0.1, 0.15) is 34.3 Å². The molecule has 1 atom stereocenters. The second-order valence-corrected chi connectivity index (χ2v) is 4.47. The van der Waals surface area contributed by atoms with E-state index in [4.69, 9.17) is 10.2 Å². The average molecular weight is 251 g/mol. The highest BCUT2D eigenvalue weighted by molar-refractivity contribution is 5.37. The van der Waals surface area contributed by atoms with Crippen LogP contribution in [0.4, 0.5) is 8.78 Å². The predicted octanol–water partition coefficient (Wildman–Crippen LogP) is 3.53. The van der Waals surface area contributed by atoms with Crippen molar-refractivity contribution in [1.82, 2.24) is 0 Å². The molecular formula is C14H15F2NO. The van der Waals surface area contributed by atoms with Gasteiger partial charge in [0.15, 0.2) is 0 Å². The maximum atomic E-state index is 13.8. The van der Waals surface area contributed by atoms with E-state index in [1.165, 1.54) is 6.07 Å². The first-order chi connectivity index (χ1) is 8.40. The van der Waals surface area contributed by atoms with E-state index < -0.39 is 17.7 Å². The van der Waals surface area contributed by atoms with Gasteiger partial charge in [-0.3, -0.25) is 0 Å². The maximum Gasteiger partial charge on any atom is 0.131 e. The van der Waals surface area contributed by atoms with Crippen molar-refractivity contribution in [2.45, 2.75) is 26.8 Å². The van der Waals surface area contributed by atoms with Crippen molar-refractivity contribution in [3.63, 3.8) is 0 Å². The summed E-state index contributed by atoms with van der Waals surface area (Å²) in [6.45, 7) is 5.16. The number of halogens is 2. The standard InChI is InChI=1S/C14H15F2NO/c1-7-4-11(13(16)6-12(7)15)14(17)10-5-8(2)18-9(10)3/h4-6,14H,17H2,1-3H3. The molecule has 0 bridgehead atoms. The highest BCUT2D eigenvalue weighted by Gasteiger charge is 2.19. The molecular weight excluding hydrogens is 236 g/mol. The van der Waals surface area contributed by atoms with Gasteiger partial charge in [0.25, 0.3) is 0 Å². The van der Waals surface area contributed by atoms with Gasteiger partial charge in [0, 0.05) is 17.2 Å². The van der Waals surface area contributed by atoms with Crippen LogP contribution in [0.5, 0.6) is 0 Å². The molecule has 0 saturated carbocycles. The smallest absolute Gasteiger partial charge is 0.131 e. The van der Waals surface area contributed by atoms with Crippen LogP contribution in [0.2, 0.25) is 0 Å². The monoisotopic (exact) mass is 251 g/mol. The molecule has 1 heterocycles. The Morgan fingerprint density at radius 3 is 2.22 bits per heavy atom. The first-order valence-corrected chi connectivity index (χ1v) is 5.68. The van der Waals surface area contributed by atoms with E-state index in [1.54, 1.807) is 26.8 Å². The fourth-order valence-corrected chi connectivity index (χ4v) is 2.04. The number of hydrogen-bond donors (Lipinski definition) is 1. The summed E-state index contributed by atoms with van der Waals surface area (Å²) in [6, 6.07) is 3.43. The second-order valence-electron chi connectivity index (χ2n) is 4.47. The van der Waals surface area contributed by atoms with Crippen LogP contribution in [0.25, 0.3) is 0 Å². The number of benzene rings is 1. The first-order valence-electron chi connectivity index (χ1n) is 5.68. The zero-order valence-corrected chi connectivity index (χ0v) is 10.6. The van der Waals surface area contributed by atoms with Gasteiger partial charge in [-0.25, -0.2) is 8.78 Å². The molecule has 1 unspecified atom stereocenters. The minimum Gasteiger partial charge on any atom is -0.466 e. The quantitative estimate of drug-likeness (QED) is 0.886. The van der Waals surface area contributed by atoms with E-state index in [2.05, 4.69) is 0 Å². The van der Waals surface area contributed by atoms with E-state index in [-0.39, 0.29) is 5.56 Å². The fourth-order valence-electron chi connectivity index (χ4n) is 2.04. The van der Waals surface area contributed by atoms with Gasteiger partial charge < -0.3 is 10.2 Å². The third-order valence-electron chi connectivity index (χ3n) is 3.03. The molecule has 0 aliphatic rings. The molecule has 1 aromatic heterocycles. The highest BCUT2D eigenvalue weighted by atomic mass is 19.1. The third kappa shape index (κ3) is 2.16. The lowest BCUT2D eigenvalue weighted by Gasteiger charge is -2.13. The second kappa shape index (κ2) is 4.53. The zero-order chi connectivity index (χ0) is 13.4. The number of nitrogens with two attached hydrogens (primary N) is 1. The topological polar surface area (TPSA) is 39.2 Å². The lowest BCUT2D eigenvalue weighted by Crippen LogP contribution is -2.14. The molecule has 0 fully saturated rings. The van der Waals surface area contributed by atoms with Gasteiger partial charge in [0.05, 0.1) is 6.04 Å². The average Bonchev–Trinajstić information content (AvgIpc) is 2.62. The van der Waals surface area contributed by atoms with Crippen LogP contribution in [0, 0.1) is 32.4 Å². The summed E-state index contributed by atoms with van der Waals surface area (Å²) in [5.74, 6) is 0.172. The summed E-state index contributed by atoms with van der Waals surface area (Å²) in [6.07, 6.45) is 0. The summed E-state index contributed by atoms with van der Waals surface area (Å²) >= 11 is 0. The molecule has 0 amide bonds. The van der Waals surface area contributed by atoms with E-state index in [0.29, 0.717) is 11.3 Å². The van der Waals surface area contributed by atoms with Crippen molar-refractivity contribution in [2.24, 2.45) is 5.73 Å². The minimum atomic E-state index is -0.651. The SMILES string of the molecule is Cc1cc(C(N)c2cc(C)c(F)cc2F)c(C)o1. The zero-order valence-electron chi connectivity index (χ0n) is 10.6. The van der Waals surface area contributed by atoms with E-state index in [0.717, 1.165) is 17.4 Å². The van der Waals surface area contributed by atoms with Crippen LogP contribution in [0.3, 0.4) is 0 Å². The van der Waals surface area contributed by atoms with Crippen LogP contribution in [-0.2, 0) is 0 Å².